The normalized spacial score (nSPS) is 14.0. The first kappa shape index (κ1) is 10.6. The Morgan fingerprint density at radius 1 is 1.29 bits per heavy atom. The van der Waals surface area contributed by atoms with E-state index in [2.05, 4.69) is 4.98 Å². The van der Waals surface area contributed by atoms with Crippen molar-refractivity contribution in [3.8, 4) is 0 Å². The van der Waals surface area contributed by atoms with Crippen LogP contribution in [0.5, 0.6) is 0 Å². The van der Waals surface area contributed by atoms with E-state index in [1.54, 1.807) is 0 Å². The highest BCUT2D eigenvalue weighted by molar-refractivity contribution is 5.58. The quantitative estimate of drug-likeness (QED) is 0.634. The van der Waals surface area contributed by atoms with Crippen LogP contribution in [0.4, 0.5) is 24.7 Å². The summed E-state index contributed by atoms with van der Waals surface area (Å²) in [6.07, 6.45) is -3.55. The first-order valence-corrected chi connectivity index (χ1v) is 3.65. The number of rotatable bonds is 1. The van der Waals surface area contributed by atoms with Gasteiger partial charge in [0.1, 0.15) is 11.9 Å². The van der Waals surface area contributed by atoms with E-state index < -0.39 is 12.2 Å². The Balaban J connectivity index is 3.03. The van der Waals surface area contributed by atoms with E-state index >= 15 is 0 Å². The van der Waals surface area contributed by atoms with Crippen LogP contribution in [-0.4, -0.2) is 11.2 Å². The number of nitrogens with zero attached hydrogens (tertiary/aromatic N) is 1. The first-order chi connectivity index (χ1) is 6.32. The van der Waals surface area contributed by atoms with Gasteiger partial charge in [-0.3, -0.25) is 0 Å². The number of hydrogen-bond donors (Lipinski definition) is 3. The van der Waals surface area contributed by atoms with Crippen LogP contribution >= 0.6 is 0 Å². The van der Waals surface area contributed by atoms with Gasteiger partial charge in [-0.05, 0) is 11.6 Å². The summed E-state index contributed by atoms with van der Waals surface area (Å²) in [6, 6.07) is -1.02. The van der Waals surface area contributed by atoms with Crippen LogP contribution in [0.15, 0.2) is 12.3 Å². The maximum Gasteiger partial charge on any atom is 0.407 e. The number of hydrogen-bond acceptors (Lipinski definition) is 4. The van der Waals surface area contributed by atoms with Crippen LogP contribution in [0, 0.1) is 0 Å². The molecule has 0 aromatic carbocycles. The Kier molecular flexibility index (Phi) is 2.52. The van der Waals surface area contributed by atoms with Crippen molar-refractivity contribution in [3.05, 3.63) is 17.8 Å². The molecule has 1 rings (SSSR count). The van der Waals surface area contributed by atoms with Crippen molar-refractivity contribution in [1.82, 2.24) is 4.98 Å². The number of pyridine rings is 1. The van der Waals surface area contributed by atoms with Crippen LogP contribution in [0.3, 0.4) is 0 Å². The summed E-state index contributed by atoms with van der Waals surface area (Å²) >= 11 is 0. The highest BCUT2D eigenvalue weighted by Crippen LogP contribution is 2.31. The minimum absolute atomic E-state index is 0.0110. The number of nitrogens with two attached hydrogens (primary N) is 3. The van der Waals surface area contributed by atoms with Crippen molar-refractivity contribution in [2.75, 3.05) is 11.5 Å². The van der Waals surface area contributed by atoms with E-state index in [-0.39, 0.29) is 17.1 Å². The molecule has 0 radical (unpaired) electrons. The highest BCUT2D eigenvalue weighted by atomic mass is 19.4. The largest absolute Gasteiger partial charge is 0.407 e. The lowest BCUT2D eigenvalue weighted by Gasteiger charge is -2.15. The number of halogens is 3. The second-order valence-electron chi connectivity index (χ2n) is 2.76. The summed E-state index contributed by atoms with van der Waals surface area (Å²) in [6.45, 7) is 0. The lowest BCUT2D eigenvalue weighted by molar-refractivity contribution is -0.149. The zero-order chi connectivity index (χ0) is 10.9. The molecule has 0 amide bonds. The van der Waals surface area contributed by atoms with Crippen molar-refractivity contribution in [2.24, 2.45) is 5.73 Å². The molecule has 14 heavy (non-hydrogen) atoms. The van der Waals surface area contributed by atoms with Crippen molar-refractivity contribution in [1.29, 1.82) is 0 Å². The van der Waals surface area contributed by atoms with E-state index in [1.165, 1.54) is 0 Å². The summed E-state index contributed by atoms with van der Waals surface area (Å²) in [5.41, 5.74) is 15.2. The van der Waals surface area contributed by atoms with Crippen LogP contribution in [0.25, 0.3) is 0 Å². The van der Waals surface area contributed by atoms with Gasteiger partial charge in [0.2, 0.25) is 0 Å². The predicted molar refractivity (Wildman–Crippen MR) is 46.0 cm³/mol. The Hall–Kier alpha value is -1.50. The third-order valence-electron chi connectivity index (χ3n) is 1.68. The Morgan fingerprint density at radius 2 is 1.86 bits per heavy atom. The molecule has 1 aromatic heterocycles. The van der Waals surface area contributed by atoms with Gasteiger partial charge in [0, 0.05) is 6.20 Å². The lowest BCUT2D eigenvalue weighted by atomic mass is 10.1. The minimum Gasteiger partial charge on any atom is -0.396 e. The number of nitrogen functional groups attached to an aromatic ring is 2. The van der Waals surface area contributed by atoms with Gasteiger partial charge >= 0.3 is 6.18 Å². The monoisotopic (exact) mass is 206 g/mol. The second-order valence-corrected chi connectivity index (χ2v) is 2.76. The lowest BCUT2D eigenvalue weighted by Crippen LogP contribution is -2.28. The molecular formula is C7H9F3N4. The standard InChI is InChI=1S/C7H9F3N4/c8-7(9,10)5(12)3-1-4(11)6(13)14-2-3/h1-2,5H,11-12H2,(H2,13,14)/t5-/m1/s1. The van der Waals surface area contributed by atoms with Crippen LogP contribution in [0.1, 0.15) is 11.6 Å². The summed E-state index contributed by atoms with van der Waals surface area (Å²) in [5.74, 6) is -0.0110. The topological polar surface area (TPSA) is 91.0 Å². The summed E-state index contributed by atoms with van der Waals surface area (Å²) in [7, 11) is 0. The van der Waals surface area contributed by atoms with Crippen molar-refractivity contribution in [2.45, 2.75) is 12.2 Å². The highest BCUT2D eigenvalue weighted by Gasteiger charge is 2.38. The summed E-state index contributed by atoms with van der Waals surface area (Å²) < 4.78 is 36.4. The molecule has 1 heterocycles. The molecule has 0 bridgehead atoms. The number of anilines is 2. The average molecular weight is 206 g/mol. The van der Waals surface area contributed by atoms with Crippen LogP contribution in [-0.2, 0) is 0 Å². The van der Waals surface area contributed by atoms with Gasteiger partial charge in [-0.25, -0.2) is 4.98 Å². The second kappa shape index (κ2) is 3.33. The van der Waals surface area contributed by atoms with Crippen molar-refractivity contribution < 1.29 is 13.2 Å². The number of alkyl halides is 3. The molecule has 4 nitrogen and oxygen atoms in total. The predicted octanol–water partition coefficient (Wildman–Crippen LogP) is 0.808. The molecule has 1 atom stereocenters. The van der Waals surface area contributed by atoms with Gasteiger partial charge in [0.05, 0.1) is 5.69 Å². The van der Waals surface area contributed by atoms with Gasteiger partial charge in [-0.1, -0.05) is 0 Å². The van der Waals surface area contributed by atoms with E-state index in [0.717, 1.165) is 12.3 Å². The van der Waals surface area contributed by atoms with E-state index in [4.69, 9.17) is 17.2 Å². The Labute approximate surface area is 77.9 Å². The molecule has 7 heteroatoms. The van der Waals surface area contributed by atoms with E-state index in [1.807, 2.05) is 0 Å². The maximum absolute atomic E-state index is 12.1. The Morgan fingerprint density at radius 3 is 2.29 bits per heavy atom. The molecule has 0 fully saturated rings. The van der Waals surface area contributed by atoms with Gasteiger partial charge in [-0.15, -0.1) is 0 Å². The van der Waals surface area contributed by atoms with Crippen molar-refractivity contribution >= 4 is 11.5 Å². The molecule has 0 saturated carbocycles. The molecule has 1 aromatic rings. The minimum atomic E-state index is -4.51. The molecule has 0 aliphatic carbocycles. The molecule has 0 saturated heterocycles. The first-order valence-electron chi connectivity index (χ1n) is 3.65. The van der Waals surface area contributed by atoms with Crippen LogP contribution in [0.2, 0.25) is 0 Å². The molecule has 6 N–H and O–H groups in total. The van der Waals surface area contributed by atoms with E-state index in [0.29, 0.717) is 0 Å². The third-order valence-corrected chi connectivity index (χ3v) is 1.68. The molecule has 0 aliphatic heterocycles. The SMILES string of the molecule is Nc1cc([C@@H](N)C(F)(F)F)cnc1N. The molecule has 0 unspecified atom stereocenters. The summed E-state index contributed by atoms with van der Waals surface area (Å²) in [5, 5.41) is 0. The summed E-state index contributed by atoms with van der Waals surface area (Å²) in [4.78, 5) is 3.49. The third kappa shape index (κ3) is 2.05. The molecule has 78 valence electrons. The van der Waals surface area contributed by atoms with Gasteiger partial charge in [0.25, 0.3) is 0 Å². The van der Waals surface area contributed by atoms with Gasteiger partial charge in [-0.2, -0.15) is 13.2 Å². The zero-order valence-electron chi connectivity index (χ0n) is 7.05. The van der Waals surface area contributed by atoms with Gasteiger partial charge < -0.3 is 17.2 Å². The fourth-order valence-electron chi connectivity index (χ4n) is 0.868. The smallest absolute Gasteiger partial charge is 0.396 e. The van der Waals surface area contributed by atoms with E-state index in [9.17, 15) is 13.2 Å². The molecular weight excluding hydrogens is 197 g/mol. The Bertz CT molecular complexity index is 336. The molecule has 0 aliphatic rings. The van der Waals surface area contributed by atoms with Crippen molar-refractivity contribution in [3.63, 3.8) is 0 Å². The fourth-order valence-corrected chi connectivity index (χ4v) is 0.868. The zero-order valence-corrected chi connectivity index (χ0v) is 7.05. The average Bonchev–Trinajstić information content (AvgIpc) is 2.07. The molecule has 0 spiro atoms. The fraction of sp³-hybridized carbons (Fsp3) is 0.286. The van der Waals surface area contributed by atoms with Gasteiger partial charge in [0.15, 0.2) is 0 Å². The van der Waals surface area contributed by atoms with Crippen LogP contribution < -0.4 is 17.2 Å². The maximum atomic E-state index is 12.1. The number of aromatic nitrogens is 1.